The Bertz CT molecular complexity index is 216. The van der Waals surface area contributed by atoms with Gasteiger partial charge in [0.2, 0.25) is 6.08 Å². The van der Waals surface area contributed by atoms with E-state index < -0.39 is 11.9 Å². The van der Waals surface area contributed by atoms with Crippen LogP contribution in [0.2, 0.25) is 0 Å². The van der Waals surface area contributed by atoms with Crippen molar-refractivity contribution in [1.29, 1.82) is 0 Å². The van der Waals surface area contributed by atoms with Crippen LogP contribution in [0.4, 0.5) is 0 Å². The van der Waals surface area contributed by atoms with Gasteiger partial charge < -0.3 is 5.11 Å². The molecule has 0 bridgehead atoms. The van der Waals surface area contributed by atoms with E-state index in [0.717, 1.165) is 0 Å². The number of aliphatic carboxylic acids is 1. The summed E-state index contributed by atoms with van der Waals surface area (Å²) in [4.78, 5) is 23.1. The lowest BCUT2D eigenvalue weighted by Crippen LogP contribution is -2.09. The Labute approximate surface area is 64.3 Å². The number of carbonyl (C=O) groups excluding carboxylic acids is 1. The van der Waals surface area contributed by atoms with Crippen LogP contribution >= 0.6 is 0 Å². The molecule has 0 aromatic heterocycles. The zero-order chi connectivity index (χ0) is 8.85. The van der Waals surface area contributed by atoms with Crippen LogP contribution in [0.15, 0.2) is 17.3 Å². The maximum absolute atomic E-state index is 10.3. The third-order valence-electron chi connectivity index (χ3n) is 1.17. The fraction of sp³-hybridized carbons (Fsp3) is 0.429. The molecule has 0 aliphatic heterocycles. The second-order valence-electron chi connectivity index (χ2n) is 2.21. The zero-order valence-electron chi connectivity index (χ0n) is 6.20. The summed E-state index contributed by atoms with van der Waals surface area (Å²) in [5, 5.41) is 8.42. The molecule has 4 nitrogen and oxygen atoms in total. The zero-order valence-corrected chi connectivity index (χ0v) is 6.20. The van der Waals surface area contributed by atoms with Gasteiger partial charge >= 0.3 is 5.97 Å². The summed E-state index contributed by atoms with van der Waals surface area (Å²) in [5.41, 5.74) is 0.245. The SMILES string of the molecule is C=C(CC(C)C(=O)O)N=C=O. The first-order valence-electron chi connectivity index (χ1n) is 3.06. The van der Waals surface area contributed by atoms with Crippen LogP contribution in [0.5, 0.6) is 0 Å². The highest BCUT2D eigenvalue weighted by Crippen LogP contribution is 2.09. The normalized spacial score (nSPS) is 11.4. The number of aliphatic imine (C=N–C) groups is 1. The van der Waals surface area contributed by atoms with Gasteiger partial charge in [-0.15, -0.1) is 0 Å². The van der Waals surface area contributed by atoms with Gasteiger partial charge in [0.25, 0.3) is 0 Å². The van der Waals surface area contributed by atoms with E-state index in [1.54, 1.807) is 0 Å². The van der Waals surface area contributed by atoms with Gasteiger partial charge in [-0.05, 0) is 0 Å². The van der Waals surface area contributed by atoms with Crippen molar-refractivity contribution >= 4 is 12.0 Å². The van der Waals surface area contributed by atoms with E-state index in [0.29, 0.717) is 0 Å². The first-order valence-corrected chi connectivity index (χ1v) is 3.06. The molecule has 0 amide bonds. The Morgan fingerprint density at radius 1 is 1.82 bits per heavy atom. The number of carboxylic acid groups (broad SMARTS) is 1. The Morgan fingerprint density at radius 2 is 2.36 bits per heavy atom. The minimum Gasteiger partial charge on any atom is -0.481 e. The molecular formula is C7H9NO3. The van der Waals surface area contributed by atoms with E-state index in [9.17, 15) is 9.59 Å². The van der Waals surface area contributed by atoms with E-state index in [-0.39, 0.29) is 12.1 Å². The average Bonchev–Trinajstić information content (AvgIpc) is 1.87. The van der Waals surface area contributed by atoms with E-state index >= 15 is 0 Å². The van der Waals surface area contributed by atoms with Crippen LogP contribution in [0, 0.1) is 5.92 Å². The molecule has 0 aromatic carbocycles. The van der Waals surface area contributed by atoms with Crippen LogP contribution in [0.3, 0.4) is 0 Å². The molecule has 0 aliphatic rings. The molecule has 0 aliphatic carbocycles. The minimum absolute atomic E-state index is 0.185. The lowest BCUT2D eigenvalue weighted by Gasteiger charge is -2.02. The summed E-state index contributed by atoms with van der Waals surface area (Å²) < 4.78 is 0. The van der Waals surface area contributed by atoms with Gasteiger partial charge in [0, 0.05) is 12.1 Å². The van der Waals surface area contributed by atoms with Crippen molar-refractivity contribution in [1.82, 2.24) is 0 Å². The second kappa shape index (κ2) is 4.41. The largest absolute Gasteiger partial charge is 0.481 e. The van der Waals surface area contributed by atoms with E-state index in [4.69, 9.17) is 5.11 Å². The van der Waals surface area contributed by atoms with Gasteiger partial charge in [0.1, 0.15) is 0 Å². The quantitative estimate of drug-likeness (QED) is 0.485. The van der Waals surface area contributed by atoms with Gasteiger partial charge in [-0.25, -0.2) is 4.79 Å². The molecule has 1 N–H and O–H groups in total. The van der Waals surface area contributed by atoms with Crippen molar-refractivity contribution in [2.24, 2.45) is 10.9 Å². The topological polar surface area (TPSA) is 66.7 Å². The Kier molecular flexibility index (Phi) is 3.85. The Hall–Kier alpha value is -1.41. The number of carboxylic acids is 1. The monoisotopic (exact) mass is 155 g/mol. The molecule has 0 saturated carbocycles. The van der Waals surface area contributed by atoms with Crippen molar-refractivity contribution in [3.8, 4) is 0 Å². The third-order valence-corrected chi connectivity index (χ3v) is 1.17. The summed E-state index contributed by atoms with van der Waals surface area (Å²) in [6, 6.07) is 0. The molecule has 11 heavy (non-hydrogen) atoms. The van der Waals surface area contributed by atoms with Gasteiger partial charge in [-0.1, -0.05) is 13.5 Å². The highest BCUT2D eigenvalue weighted by Gasteiger charge is 2.11. The third kappa shape index (κ3) is 4.06. The maximum Gasteiger partial charge on any atom is 0.306 e. The minimum atomic E-state index is -0.924. The van der Waals surface area contributed by atoms with Gasteiger partial charge in [-0.2, -0.15) is 4.99 Å². The molecule has 0 fully saturated rings. The molecule has 0 rings (SSSR count). The standard InChI is InChI=1S/C7H9NO3/c1-5(7(10)11)3-6(2)8-4-9/h5H,2-3H2,1H3,(H,10,11). The van der Waals surface area contributed by atoms with Crippen molar-refractivity contribution in [3.63, 3.8) is 0 Å². The van der Waals surface area contributed by atoms with Crippen LogP contribution in [0.25, 0.3) is 0 Å². The molecule has 1 atom stereocenters. The number of hydrogen-bond donors (Lipinski definition) is 1. The van der Waals surface area contributed by atoms with Crippen molar-refractivity contribution < 1.29 is 14.7 Å². The summed E-state index contributed by atoms with van der Waals surface area (Å²) in [5.74, 6) is -1.48. The summed E-state index contributed by atoms with van der Waals surface area (Å²) in [6.45, 7) is 4.90. The first kappa shape index (κ1) is 9.59. The summed E-state index contributed by atoms with van der Waals surface area (Å²) in [7, 11) is 0. The van der Waals surface area contributed by atoms with Crippen molar-refractivity contribution in [2.45, 2.75) is 13.3 Å². The molecule has 0 radical (unpaired) electrons. The predicted octanol–water partition coefficient (Wildman–Crippen LogP) is 0.947. The number of nitrogens with zero attached hydrogens (tertiary/aromatic N) is 1. The number of carbonyl (C=O) groups is 1. The lowest BCUT2D eigenvalue weighted by molar-refractivity contribution is -0.141. The second-order valence-corrected chi connectivity index (χ2v) is 2.21. The van der Waals surface area contributed by atoms with E-state index in [1.807, 2.05) is 0 Å². The van der Waals surface area contributed by atoms with Gasteiger partial charge in [0.15, 0.2) is 0 Å². The van der Waals surface area contributed by atoms with Crippen molar-refractivity contribution in [3.05, 3.63) is 12.3 Å². The molecule has 0 saturated heterocycles. The fourth-order valence-corrected chi connectivity index (χ4v) is 0.551. The molecular weight excluding hydrogens is 146 g/mol. The average molecular weight is 155 g/mol. The molecule has 0 spiro atoms. The Morgan fingerprint density at radius 3 is 2.73 bits per heavy atom. The fourth-order valence-electron chi connectivity index (χ4n) is 0.551. The van der Waals surface area contributed by atoms with Crippen LogP contribution in [-0.2, 0) is 9.59 Å². The number of rotatable bonds is 4. The van der Waals surface area contributed by atoms with Gasteiger partial charge in [0.05, 0.1) is 5.92 Å². The molecule has 1 unspecified atom stereocenters. The van der Waals surface area contributed by atoms with E-state index in [1.165, 1.54) is 13.0 Å². The predicted molar refractivity (Wildman–Crippen MR) is 38.7 cm³/mol. The molecule has 4 heteroatoms. The van der Waals surface area contributed by atoms with Crippen LogP contribution in [-0.4, -0.2) is 17.2 Å². The number of allylic oxidation sites excluding steroid dienone is 1. The highest BCUT2D eigenvalue weighted by molar-refractivity contribution is 5.69. The summed E-state index contributed by atoms with van der Waals surface area (Å²) in [6.07, 6.45) is 1.48. The Balaban J connectivity index is 3.94. The number of isocyanates is 1. The molecule has 60 valence electrons. The lowest BCUT2D eigenvalue weighted by atomic mass is 10.1. The van der Waals surface area contributed by atoms with Crippen LogP contribution in [0.1, 0.15) is 13.3 Å². The van der Waals surface area contributed by atoms with Crippen LogP contribution < -0.4 is 0 Å². The summed E-state index contributed by atoms with van der Waals surface area (Å²) >= 11 is 0. The molecule has 0 heterocycles. The van der Waals surface area contributed by atoms with Crippen molar-refractivity contribution in [2.75, 3.05) is 0 Å². The highest BCUT2D eigenvalue weighted by atomic mass is 16.4. The van der Waals surface area contributed by atoms with E-state index in [2.05, 4.69) is 11.6 Å². The number of hydrogen-bond acceptors (Lipinski definition) is 3. The first-order chi connectivity index (χ1) is 5.07. The maximum atomic E-state index is 10.3. The molecule has 0 aromatic rings. The smallest absolute Gasteiger partial charge is 0.306 e. The van der Waals surface area contributed by atoms with Gasteiger partial charge in [-0.3, -0.25) is 4.79 Å².